The molecule has 0 aliphatic carbocycles. The second-order valence-electron chi connectivity index (χ2n) is 5.74. The van der Waals surface area contributed by atoms with Gasteiger partial charge in [-0.1, -0.05) is 42.5 Å². The van der Waals surface area contributed by atoms with Crippen molar-refractivity contribution in [2.24, 2.45) is 0 Å². The average molecular weight is 414 g/mol. The van der Waals surface area contributed by atoms with Crippen molar-refractivity contribution in [2.45, 2.75) is 13.5 Å². The summed E-state index contributed by atoms with van der Waals surface area (Å²) in [7, 11) is 1.56. The van der Waals surface area contributed by atoms with Crippen LogP contribution in [0, 0.1) is 0 Å². The summed E-state index contributed by atoms with van der Waals surface area (Å²) in [5, 5.41) is 5.28. The number of amides is 1. The lowest BCUT2D eigenvalue weighted by molar-refractivity contribution is 0.0950. The van der Waals surface area contributed by atoms with E-state index >= 15 is 0 Å². The monoisotopic (exact) mass is 413 g/mol. The van der Waals surface area contributed by atoms with Gasteiger partial charge in [-0.25, -0.2) is 0 Å². The first kappa shape index (κ1) is 18.3. The topological polar surface area (TPSA) is 47.6 Å². The molecule has 134 valence electrons. The fraction of sp³-hybridized carbons (Fsp3) is 0.190. The van der Waals surface area contributed by atoms with E-state index < -0.39 is 0 Å². The maximum atomic E-state index is 12.6. The number of ether oxygens (including phenoxy) is 2. The fourth-order valence-electron chi connectivity index (χ4n) is 2.86. The normalized spacial score (nSPS) is 10.6. The molecule has 0 heterocycles. The summed E-state index contributed by atoms with van der Waals surface area (Å²) in [6, 6.07) is 17.7. The van der Waals surface area contributed by atoms with Crippen LogP contribution in [0.3, 0.4) is 0 Å². The zero-order chi connectivity index (χ0) is 18.5. The van der Waals surface area contributed by atoms with E-state index in [0.717, 1.165) is 16.3 Å². The molecule has 0 aliphatic heterocycles. The highest BCUT2D eigenvalue weighted by Gasteiger charge is 2.15. The first-order valence-corrected chi connectivity index (χ1v) is 9.18. The molecule has 3 rings (SSSR count). The number of nitrogens with one attached hydrogen (secondary N) is 1. The van der Waals surface area contributed by atoms with E-state index in [0.29, 0.717) is 34.7 Å². The Balaban J connectivity index is 1.81. The minimum absolute atomic E-state index is 0.167. The maximum Gasteiger partial charge on any atom is 0.251 e. The zero-order valence-electron chi connectivity index (χ0n) is 14.7. The van der Waals surface area contributed by atoms with E-state index in [4.69, 9.17) is 9.47 Å². The van der Waals surface area contributed by atoms with Crippen LogP contribution in [0.2, 0.25) is 0 Å². The van der Waals surface area contributed by atoms with E-state index in [-0.39, 0.29) is 5.91 Å². The molecule has 0 unspecified atom stereocenters. The summed E-state index contributed by atoms with van der Waals surface area (Å²) in [5.74, 6) is 0.956. The van der Waals surface area contributed by atoms with Gasteiger partial charge in [0.1, 0.15) is 0 Å². The molecule has 1 N–H and O–H groups in total. The standard InChI is InChI=1S/C21H20BrNO3/c1-3-26-20-18(22)11-16(12-19(20)25-2)21(24)23-13-15-9-6-8-14-7-4-5-10-17(14)15/h4-12H,3,13H2,1-2H3,(H,23,24). The Labute approximate surface area is 161 Å². The molecule has 1 amide bonds. The highest BCUT2D eigenvalue weighted by atomic mass is 79.9. The number of methoxy groups -OCH3 is 1. The molecule has 0 aliphatic rings. The van der Waals surface area contributed by atoms with Crippen molar-refractivity contribution in [3.8, 4) is 11.5 Å². The van der Waals surface area contributed by atoms with E-state index in [2.05, 4.69) is 39.4 Å². The largest absolute Gasteiger partial charge is 0.493 e. The maximum absolute atomic E-state index is 12.6. The van der Waals surface area contributed by atoms with Gasteiger partial charge in [-0.2, -0.15) is 0 Å². The summed E-state index contributed by atoms with van der Waals surface area (Å²) in [4.78, 5) is 12.6. The van der Waals surface area contributed by atoms with E-state index in [1.54, 1.807) is 19.2 Å². The Bertz CT molecular complexity index is 934. The number of rotatable bonds is 6. The third-order valence-corrected chi connectivity index (χ3v) is 4.69. The minimum Gasteiger partial charge on any atom is -0.493 e. The summed E-state index contributed by atoms with van der Waals surface area (Å²) in [6.07, 6.45) is 0. The van der Waals surface area contributed by atoms with Crippen LogP contribution in [0.25, 0.3) is 10.8 Å². The van der Waals surface area contributed by atoms with Crippen LogP contribution in [-0.4, -0.2) is 19.6 Å². The van der Waals surface area contributed by atoms with Crippen LogP contribution in [0.15, 0.2) is 59.1 Å². The van der Waals surface area contributed by atoms with Crippen molar-refractivity contribution in [3.05, 3.63) is 70.2 Å². The molecule has 5 heteroatoms. The van der Waals surface area contributed by atoms with Crippen molar-refractivity contribution in [1.82, 2.24) is 5.32 Å². The highest BCUT2D eigenvalue weighted by molar-refractivity contribution is 9.10. The molecule has 3 aromatic carbocycles. The summed E-state index contributed by atoms with van der Waals surface area (Å²) >= 11 is 3.45. The SMILES string of the molecule is CCOc1c(Br)cc(C(=O)NCc2cccc3ccccc23)cc1OC. The van der Waals surface area contributed by atoms with Crippen LogP contribution in [0.5, 0.6) is 11.5 Å². The Morgan fingerprint density at radius 2 is 1.88 bits per heavy atom. The molecule has 0 saturated carbocycles. The first-order valence-electron chi connectivity index (χ1n) is 8.39. The number of carbonyl (C=O) groups excluding carboxylic acids is 1. The molecule has 0 radical (unpaired) electrons. The van der Waals surface area contributed by atoms with Crippen LogP contribution < -0.4 is 14.8 Å². The van der Waals surface area contributed by atoms with E-state index in [1.807, 2.05) is 31.2 Å². The van der Waals surface area contributed by atoms with Gasteiger partial charge in [-0.3, -0.25) is 4.79 Å². The molecular weight excluding hydrogens is 394 g/mol. The number of fused-ring (bicyclic) bond motifs is 1. The van der Waals surface area contributed by atoms with Gasteiger partial charge in [0, 0.05) is 12.1 Å². The lowest BCUT2D eigenvalue weighted by Gasteiger charge is -2.14. The number of halogens is 1. The molecular formula is C21H20BrNO3. The van der Waals surface area contributed by atoms with Gasteiger partial charge in [-0.05, 0) is 51.3 Å². The molecule has 0 fully saturated rings. The molecule has 0 saturated heterocycles. The highest BCUT2D eigenvalue weighted by Crippen LogP contribution is 2.36. The van der Waals surface area contributed by atoms with Crippen LogP contribution in [0.1, 0.15) is 22.8 Å². The molecule has 26 heavy (non-hydrogen) atoms. The first-order chi connectivity index (χ1) is 12.6. The Hall–Kier alpha value is -2.53. The van der Waals surface area contributed by atoms with Crippen molar-refractivity contribution in [3.63, 3.8) is 0 Å². The summed E-state index contributed by atoms with van der Waals surface area (Å²) < 4.78 is 11.6. The van der Waals surface area contributed by atoms with Gasteiger partial charge in [0.15, 0.2) is 11.5 Å². The molecule has 0 bridgehead atoms. The number of hydrogen-bond acceptors (Lipinski definition) is 3. The van der Waals surface area contributed by atoms with Gasteiger partial charge < -0.3 is 14.8 Å². The molecule has 0 spiro atoms. The Kier molecular flexibility index (Phi) is 5.78. The second kappa shape index (κ2) is 8.23. The lowest BCUT2D eigenvalue weighted by atomic mass is 10.0. The van der Waals surface area contributed by atoms with Crippen molar-refractivity contribution in [2.75, 3.05) is 13.7 Å². The molecule has 3 aromatic rings. The zero-order valence-corrected chi connectivity index (χ0v) is 16.3. The quantitative estimate of drug-likeness (QED) is 0.622. The average Bonchev–Trinajstić information content (AvgIpc) is 2.67. The fourth-order valence-corrected chi connectivity index (χ4v) is 3.42. The summed E-state index contributed by atoms with van der Waals surface area (Å²) in [5.41, 5.74) is 1.59. The van der Waals surface area contributed by atoms with Crippen molar-refractivity contribution >= 4 is 32.6 Å². The Morgan fingerprint density at radius 3 is 2.65 bits per heavy atom. The third-order valence-electron chi connectivity index (χ3n) is 4.10. The predicted molar refractivity (Wildman–Crippen MR) is 107 cm³/mol. The lowest BCUT2D eigenvalue weighted by Crippen LogP contribution is -2.23. The Morgan fingerprint density at radius 1 is 1.12 bits per heavy atom. The van der Waals surface area contributed by atoms with E-state index in [9.17, 15) is 4.79 Å². The van der Waals surface area contributed by atoms with Gasteiger partial charge in [-0.15, -0.1) is 0 Å². The molecule has 0 aromatic heterocycles. The molecule has 4 nitrogen and oxygen atoms in total. The summed E-state index contributed by atoms with van der Waals surface area (Å²) in [6.45, 7) is 2.87. The second-order valence-corrected chi connectivity index (χ2v) is 6.60. The molecule has 0 atom stereocenters. The van der Waals surface area contributed by atoms with Gasteiger partial charge in [0.25, 0.3) is 5.91 Å². The van der Waals surface area contributed by atoms with E-state index in [1.165, 1.54) is 0 Å². The number of benzene rings is 3. The van der Waals surface area contributed by atoms with Gasteiger partial charge in [0.05, 0.1) is 18.2 Å². The third kappa shape index (κ3) is 3.83. The van der Waals surface area contributed by atoms with Gasteiger partial charge in [0.2, 0.25) is 0 Å². The number of hydrogen-bond donors (Lipinski definition) is 1. The van der Waals surface area contributed by atoms with Crippen LogP contribution >= 0.6 is 15.9 Å². The van der Waals surface area contributed by atoms with Crippen LogP contribution in [0.4, 0.5) is 0 Å². The van der Waals surface area contributed by atoms with Crippen molar-refractivity contribution in [1.29, 1.82) is 0 Å². The minimum atomic E-state index is -0.167. The number of carbonyl (C=O) groups is 1. The van der Waals surface area contributed by atoms with Crippen molar-refractivity contribution < 1.29 is 14.3 Å². The predicted octanol–water partition coefficient (Wildman–Crippen LogP) is 4.94. The smallest absolute Gasteiger partial charge is 0.251 e. The van der Waals surface area contributed by atoms with Crippen LogP contribution in [-0.2, 0) is 6.54 Å². The van der Waals surface area contributed by atoms with Gasteiger partial charge >= 0.3 is 0 Å².